The molecule has 0 aromatic carbocycles. The highest BCUT2D eigenvalue weighted by atomic mass is 16.4. The number of hydrogen-bond donors (Lipinski definition) is 0. The van der Waals surface area contributed by atoms with Crippen molar-refractivity contribution >= 4 is 0 Å². The SMILES string of the molecule is CCCCCCCCCC(C)(c1ccc(CCCCC)o1)c1ccc(CCCCC)o1. The highest BCUT2D eigenvalue weighted by Crippen LogP contribution is 2.39. The molecule has 0 fully saturated rings. The van der Waals surface area contributed by atoms with E-state index in [1.807, 2.05) is 0 Å². The summed E-state index contributed by atoms with van der Waals surface area (Å²) in [5.41, 5.74) is -0.171. The Labute approximate surface area is 192 Å². The quantitative estimate of drug-likeness (QED) is 0.221. The Kier molecular flexibility index (Phi) is 12.2. The molecule has 0 spiro atoms. The minimum Gasteiger partial charge on any atom is -0.465 e. The molecule has 0 aliphatic heterocycles. The molecule has 0 atom stereocenters. The van der Waals surface area contributed by atoms with E-state index in [0.717, 1.165) is 42.3 Å². The highest BCUT2D eigenvalue weighted by molar-refractivity contribution is 5.29. The van der Waals surface area contributed by atoms with E-state index in [1.54, 1.807) is 0 Å². The summed E-state index contributed by atoms with van der Waals surface area (Å²) < 4.78 is 12.8. The molecule has 2 rings (SSSR count). The van der Waals surface area contributed by atoms with Crippen LogP contribution in [0.25, 0.3) is 0 Å². The summed E-state index contributed by atoms with van der Waals surface area (Å²) in [5, 5.41) is 0. The lowest BCUT2D eigenvalue weighted by molar-refractivity contribution is 0.302. The van der Waals surface area contributed by atoms with E-state index in [-0.39, 0.29) is 5.41 Å². The van der Waals surface area contributed by atoms with Gasteiger partial charge in [-0.2, -0.15) is 0 Å². The van der Waals surface area contributed by atoms with Gasteiger partial charge in [-0.3, -0.25) is 0 Å². The van der Waals surface area contributed by atoms with Crippen molar-refractivity contribution in [3.05, 3.63) is 47.3 Å². The van der Waals surface area contributed by atoms with E-state index < -0.39 is 0 Å². The Balaban J connectivity index is 2.06. The maximum atomic E-state index is 6.41. The lowest BCUT2D eigenvalue weighted by Gasteiger charge is -2.25. The Bertz CT molecular complexity index is 645. The summed E-state index contributed by atoms with van der Waals surface area (Å²) in [7, 11) is 0. The number of hydrogen-bond acceptors (Lipinski definition) is 2. The van der Waals surface area contributed by atoms with Gasteiger partial charge in [0.2, 0.25) is 0 Å². The number of unbranched alkanes of at least 4 members (excludes halogenated alkanes) is 10. The van der Waals surface area contributed by atoms with Gasteiger partial charge in [-0.25, -0.2) is 0 Å². The lowest BCUT2D eigenvalue weighted by atomic mass is 9.80. The van der Waals surface area contributed by atoms with Gasteiger partial charge < -0.3 is 8.83 Å². The minimum atomic E-state index is -0.171. The molecule has 2 aromatic heterocycles. The van der Waals surface area contributed by atoms with Crippen LogP contribution < -0.4 is 0 Å². The van der Waals surface area contributed by atoms with Crippen molar-refractivity contribution in [2.75, 3.05) is 0 Å². The average Bonchev–Trinajstić information content (AvgIpc) is 3.44. The van der Waals surface area contributed by atoms with E-state index >= 15 is 0 Å². The molecule has 0 unspecified atom stereocenters. The second-order valence-corrected chi connectivity index (χ2v) is 9.65. The Morgan fingerprint density at radius 3 is 1.45 bits per heavy atom. The van der Waals surface area contributed by atoms with Gasteiger partial charge in [-0.15, -0.1) is 0 Å². The lowest BCUT2D eigenvalue weighted by Crippen LogP contribution is -2.22. The summed E-state index contributed by atoms with van der Waals surface area (Å²) in [5.74, 6) is 4.42. The van der Waals surface area contributed by atoms with Crippen molar-refractivity contribution in [1.29, 1.82) is 0 Å². The molecule has 0 amide bonds. The van der Waals surface area contributed by atoms with Gasteiger partial charge in [0, 0.05) is 12.8 Å². The van der Waals surface area contributed by atoms with Crippen molar-refractivity contribution in [2.24, 2.45) is 0 Å². The van der Waals surface area contributed by atoms with Crippen LogP contribution in [0.3, 0.4) is 0 Å². The zero-order valence-electron chi connectivity index (χ0n) is 20.9. The fourth-order valence-electron chi connectivity index (χ4n) is 4.52. The van der Waals surface area contributed by atoms with Crippen LogP contribution in [0.15, 0.2) is 33.1 Å². The molecular weight excluding hydrogens is 380 g/mol. The summed E-state index contributed by atoms with van der Waals surface area (Å²) in [6.45, 7) is 9.11. The minimum absolute atomic E-state index is 0.171. The third kappa shape index (κ3) is 8.54. The number of rotatable bonds is 18. The molecule has 2 nitrogen and oxygen atoms in total. The van der Waals surface area contributed by atoms with Crippen LogP contribution in [0, 0.1) is 0 Å². The van der Waals surface area contributed by atoms with Gasteiger partial charge in [0.25, 0.3) is 0 Å². The average molecular weight is 429 g/mol. The topological polar surface area (TPSA) is 26.3 Å². The maximum Gasteiger partial charge on any atom is 0.117 e. The van der Waals surface area contributed by atoms with Crippen molar-refractivity contribution in [1.82, 2.24) is 0 Å². The van der Waals surface area contributed by atoms with Gasteiger partial charge in [0.05, 0.1) is 5.41 Å². The largest absolute Gasteiger partial charge is 0.465 e. The van der Waals surface area contributed by atoms with Crippen LogP contribution in [-0.2, 0) is 18.3 Å². The Hall–Kier alpha value is -1.44. The first-order valence-corrected chi connectivity index (χ1v) is 13.3. The Morgan fingerprint density at radius 1 is 0.548 bits per heavy atom. The van der Waals surface area contributed by atoms with Gasteiger partial charge >= 0.3 is 0 Å². The van der Waals surface area contributed by atoms with E-state index in [4.69, 9.17) is 8.83 Å². The van der Waals surface area contributed by atoms with Crippen LogP contribution in [0.1, 0.15) is 141 Å². The number of aryl methyl sites for hydroxylation is 2. The zero-order valence-corrected chi connectivity index (χ0v) is 20.9. The van der Waals surface area contributed by atoms with E-state index in [1.165, 1.54) is 83.5 Å². The third-order valence-corrected chi connectivity index (χ3v) is 6.74. The molecule has 2 heteroatoms. The molecule has 0 saturated carbocycles. The van der Waals surface area contributed by atoms with Gasteiger partial charge in [0.15, 0.2) is 0 Å². The molecule has 0 saturated heterocycles. The zero-order chi connectivity index (χ0) is 22.4. The van der Waals surface area contributed by atoms with Crippen molar-refractivity contribution in [2.45, 2.75) is 136 Å². The highest BCUT2D eigenvalue weighted by Gasteiger charge is 2.35. The fourth-order valence-corrected chi connectivity index (χ4v) is 4.52. The molecule has 176 valence electrons. The smallest absolute Gasteiger partial charge is 0.117 e. The molecular formula is C29H48O2. The second kappa shape index (κ2) is 14.6. The van der Waals surface area contributed by atoms with Crippen LogP contribution >= 0.6 is 0 Å². The van der Waals surface area contributed by atoms with Gasteiger partial charge in [-0.1, -0.05) is 91.4 Å². The fraction of sp³-hybridized carbons (Fsp3) is 0.724. The van der Waals surface area contributed by atoms with Crippen molar-refractivity contribution in [3.63, 3.8) is 0 Å². The van der Waals surface area contributed by atoms with E-state index in [0.29, 0.717) is 0 Å². The summed E-state index contributed by atoms with van der Waals surface area (Å²) >= 11 is 0. The number of furan rings is 2. The summed E-state index contributed by atoms with van der Waals surface area (Å²) in [6.07, 6.45) is 19.9. The third-order valence-electron chi connectivity index (χ3n) is 6.74. The first kappa shape index (κ1) is 25.8. The van der Waals surface area contributed by atoms with E-state index in [2.05, 4.69) is 52.0 Å². The molecule has 0 aliphatic carbocycles. The molecule has 0 N–H and O–H groups in total. The van der Waals surface area contributed by atoms with Crippen LogP contribution in [0.5, 0.6) is 0 Å². The van der Waals surface area contributed by atoms with E-state index in [9.17, 15) is 0 Å². The molecule has 0 radical (unpaired) electrons. The maximum absolute atomic E-state index is 6.41. The second-order valence-electron chi connectivity index (χ2n) is 9.65. The predicted molar refractivity (Wildman–Crippen MR) is 133 cm³/mol. The summed E-state index contributed by atoms with van der Waals surface area (Å²) in [4.78, 5) is 0. The molecule has 31 heavy (non-hydrogen) atoms. The molecule has 0 aliphatic rings. The molecule has 0 bridgehead atoms. The van der Waals surface area contributed by atoms with Gasteiger partial charge in [-0.05, 0) is 50.5 Å². The van der Waals surface area contributed by atoms with Crippen LogP contribution in [0.2, 0.25) is 0 Å². The van der Waals surface area contributed by atoms with Crippen molar-refractivity contribution in [3.8, 4) is 0 Å². The van der Waals surface area contributed by atoms with Crippen molar-refractivity contribution < 1.29 is 8.83 Å². The standard InChI is InChI=1S/C29H48O2/c1-5-8-11-12-13-14-17-24-29(4,27-22-20-25(30-27)18-15-9-6-2)28-23-21-26(31-28)19-16-10-7-3/h20-23H,5-19,24H2,1-4H3. The van der Waals surface area contributed by atoms with Gasteiger partial charge in [0.1, 0.15) is 23.0 Å². The first-order valence-electron chi connectivity index (χ1n) is 13.3. The van der Waals surface area contributed by atoms with Crippen LogP contribution in [0.4, 0.5) is 0 Å². The summed E-state index contributed by atoms with van der Waals surface area (Å²) in [6, 6.07) is 8.81. The monoisotopic (exact) mass is 428 g/mol. The molecule has 2 aromatic rings. The Morgan fingerprint density at radius 2 is 0.968 bits per heavy atom. The predicted octanol–water partition coefficient (Wildman–Crippen LogP) is 9.78. The van der Waals surface area contributed by atoms with Crippen LogP contribution in [-0.4, -0.2) is 0 Å². The first-order chi connectivity index (χ1) is 15.1. The normalized spacial score (nSPS) is 12.0. The molecule has 2 heterocycles.